The molecule has 1 aliphatic heterocycles. The van der Waals surface area contributed by atoms with Crippen LogP contribution < -0.4 is 0 Å². The Morgan fingerprint density at radius 1 is 1.15 bits per heavy atom. The highest BCUT2D eigenvalue weighted by Gasteiger charge is 2.35. The van der Waals surface area contributed by atoms with Crippen molar-refractivity contribution in [2.75, 3.05) is 19.7 Å². The van der Waals surface area contributed by atoms with Crippen molar-refractivity contribution in [1.29, 1.82) is 0 Å². The number of hydrogen-bond donors (Lipinski definition) is 1. The standard InChI is InChI=1S/C19H18N4O3/c20-22-21-17-9-23(10-18(17)24)19(25)26-11-16-14-7-3-1-5-12(14)13-6-2-4-8-15(13)16/h1-8,16-18,24H,9-11H2. The topological polar surface area (TPSA) is 98.5 Å². The number of nitrogens with zero attached hydrogens (tertiary/aromatic N) is 4. The Morgan fingerprint density at radius 2 is 1.77 bits per heavy atom. The van der Waals surface area contributed by atoms with Crippen LogP contribution >= 0.6 is 0 Å². The van der Waals surface area contributed by atoms with Gasteiger partial charge in [-0.25, -0.2) is 4.79 Å². The van der Waals surface area contributed by atoms with Crippen molar-refractivity contribution in [2.24, 2.45) is 5.11 Å². The largest absolute Gasteiger partial charge is 0.448 e. The summed E-state index contributed by atoms with van der Waals surface area (Å²) in [6, 6.07) is 15.6. The molecule has 1 fully saturated rings. The number of aliphatic hydroxyl groups excluding tert-OH is 1. The number of rotatable bonds is 3. The van der Waals surface area contributed by atoms with Crippen molar-refractivity contribution in [1.82, 2.24) is 4.90 Å². The van der Waals surface area contributed by atoms with E-state index in [4.69, 9.17) is 10.3 Å². The van der Waals surface area contributed by atoms with E-state index in [1.807, 2.05) is 24.3 Å². The van der Waals surface area contributed by atoms with E-state index in [0.717, 1.165) is 11.1 Å². The Balaban J connectivity index is 1.48. The zero-order valence-electron chi connectivity index (χ0n) is 14.0. The van der Waals surface area contributed by atoms with Crippen LogP contribution in [0.2, 0.25) is 0 Å². The lowest BCUT2D eigenvalue weighted by atomic mass is 9.98. The Labute approximate surface area is 150 Å². The third-order valence-electron chi connectivity index (χ3n) is 5.05. The number of carbonyl (C=O) groups excluding carboxylic acids is 1. The highest BCUT2D eigenvalue weighted by molar-refractivity contribution is 5.79. The number of hydrogen-bond acceptors (Lipinski definition) is 4. The Kier molecular flexibility index (Phi) is 4.24. The molecule has 0 spiro atoms. The number of aliphatic hydroxyl groups is 1. The van der Waals surface area contributed by atoms with Crippen molar-refractivity contribution >= 4 is 6.09 Å². The summed E-state index contributed by atoms with van der Waals surface area (Å²) in [4.78, 5) is 16.5. The number of β-amino-alcohol motifs (C(OH)–C–C–N with tert-alkyl or cyclic N) is 1. The van der Waals surface area contributed by atoms with E-state index in [0.29, 0.717) is 0 Å². The molecule has 2 aromatic carbocycles. The molecule has 7 nitrogen and oxygen atoms in total. The first-order chi connectivity index (χ1) is 12.7. The van der Waals surface area contributed by atoms with Crippen LogP contribution in [0.15, 0.2) is 53.6 Å². The number of fused-ring (bicyclic) bond motifs is 3. The maximum atomic E-state index is 12.4. The molecule has 0 bridgehead atoms. The fraction of sp³-hybridized carbons (Fsp3) is 0.316. The van der Waals surface area contributed by atoms with Crippen LogP contribution in [0, 0.1) is 0 Å². The fourth-order valence-electron chi connectivity index (χ4n) is 3.78. The van der Waals surface area contributed by atoms with Gasteiger partial charge < -0.3 is 14.7 Å². The van der Waals surface area contributed by atoms with Gasteiger partial charge in [-0.3, -0.25) is 0 Å². The highest BCUT2D eigenvalue weighted by Crippen LogP contribution is 2.44. The predicted molar refractivity (Wildman–Crippen MR) is 95.6 cm³/mol. The van der Waals surface area contributed by atoms with Gasteiger partial charge in [0.1, 0.15) is 6.61 Å². The summed E-state index contributed by atoms with van der Waals surface area (Å²) in [7, 11) is 0. The molecular weight excluding hydrogens is 332 g/mol. The first-order valence-electron chi connectivity index (χ1n) is 8.51. The number of benzene rings is 2. The quantitative estimate of drug-likeness (QED) is 0.522. The third kappa shape index (κ3) is 2.77. The molecule has 4 rings (SSSR count). The van der Waals surface area contributed by atoms with E-state index in [-0.39, 0.29) is 25.6 Å². The number of azide groups is 1. The molecule has 1 heterocycles. The van der Waals surface area contributed by atoms with Crippen molar-refractivity contribution in [3.05, 3.63) is 70.1 Å². The number of likely N-dealkylation sites (tertiary alicyclic amines) is 1. The number of amides is 1. The average Bonchev–Trinajstić information content (AvgIpc) is 3.19. The lowest BCUT2D eigenvalue weighted by Crippen LogP contribution is -2.31. The molecule has 1 amide bonds. The Hall–Kier alpha value is -3.02. The summed E-state index contributed by atoms with van der Waals surface area (Å²) in [5.41, 5.74) is 13.2. The summed E-state index contributed by atoms with van der Waals surface area (Å²) < 4.78 is 5.54. The van der Waals surface area contributed by atoms with Crippen LogP contribution in [0.4, 0.5) is 4.79 Å². The van der Waals surface area contributed by atoms with Gasteiger partial charge in [0.15, 0.2) is 0 Å². The minimum Gasteiger partial charge on any atom is -0.448 e. The van der Waals surface area contributed by atoms with E-state index in [9.17, 15) is 9.90 Å². The van der Waals surface area contributed by atoms with Gasteiger partial charge in [0, 0.05) is 17.4 Å². The molecular formula is C19H18N4O3. The zero-order valence-corrected chi connectivity index (χ0v) is 14.0. The second-order valence-corrected chi connectivity index (χ2v) is 6.55. The fourth-order valence-corrected chi connectivity index (χ4v) is 3.78. The molecule has 2 unspecified atom stereocenters. The summed E-state index contributed by atoms with van der Waals surface area (Å²) in [6.45, 7) is 0.508. The normalized spacial score (nSPS) is 21.0. The molecule has 26 heavy (non-hydrogen) atoms. The van der Waals surface area contributed by atoms with Crippen LogP contribution in [0.3, 0.4) is 0 Å². The monoisotopic (exact) mass is 350 g/mol. The first-order valence-corrected chi connectivity index (χ1v) is 8.51. The van der Waals surface area contributed by atoms with Crippen molar-refractivity contribution < 1.29 is 14.6 Å². The van der Waals surface area contributed by atoms with Crippen LogP contribution in [-0.4, -0.2) is 47.9 Å². The number of ether oxygens (including phenoxy) is 1. The first kappa shape index (κ1) is 16.4. The lowest BCUT2D eigenvalue weighted by Gasteiger charge is -2.19. The zero-order chi connectivity index (χ0) is 18.1. The van der Waals surface area contributed by atoms with Crippen LogP contribution in [0.5, 0.6) is 0 Å². The van der Waals surface area contributed by atoms with E-state index in [1.54, 1.807) is 0 Å². The van der Waals surface area contributed by atoms with Crippen LogP contribution in [0.25, 0.3) is 21.6 Å². The molecule has 1 N–H and O–H groups in total. The van der Waals surface area contributed by atoms with E-state index >= 15 is 0 Å². The van der Waals surface area contributed by atoms with Crippen LogP contribution in [0.1, 0.15) is 17.0 Å². The smallest absolute Gasteiger partial charge is 0.409 e. The van der Waals surface area contributed by atoms with E-state index < -0.39 is 18.2 Å². The molecule has 1 aliphatic carbocycles. The van der Waals surface area contributed by atoms with Crippen molar-refractivity contribution in [3.8, 4) is 11.1 Å². The minimum absolute atomic E-state index is 0.00759. The molecule has 7 heteroatoms. The van der Waals surface area contributed by atoms with Crippen molar-refractivity contribution in [2.45, 2.75) is 18.1 Å². The van der Waals surface area contributed by atoms with E-state index in [2.05, 4.69) is 34.3 Å². The summed E-state index contributed by atoms with van der Waals surface area (Å²) in [5, 5.41) is 13.4. The molecule has 0 radical (unpaired) electrons. The molecule has 2 aromatic rings. The average molecular weight is 350 g/mol. The Bertz CT molecular complexity index is 848. The Morgan fingerprint density at radius 3 is 2.38 bits per heavy atom. The van der Waals surface area contributed by atoms with Gasteiger partial charge in [-0.15, -0.1) is 0 Å². The molecule has 2 atom stereocenters. The van der Waals surface area contributed by atoms with Crippen molar-refractivity contribution in [3.63, 3.8) is 0 Å². The minimum atomic E-state index is -0.855. The summed E-state index contributed by atoms with van der Waals surface area (Å²) in [5.74, 6) is -0.00759. The lowest BCUT2D eigenvalue weighted by molar-refractivity contribution is 0.100. The summed E-state index contributed by atoms with van der Waals surface area (Å²) >= 11 is 0. The molecule has 0 saturated carbocycles. The second kappa shape index (κ2) is 6.71. The van der Waals surface area contributed by atoms with Gasteiger partial charge in [0.2, 0.25) is 0 Å². The van der Waals surface area contributed by atoms with Gasteiger partial charge in [-0.1, -0.05) is 53.6 Å². The van der Waals surface area contributed by atoms with Gasteiger partial charge in [-0.2, -0.15) is 0 Å². The predicted octanol–water partition coefficient (Wildman–Crippen LogP) is 3.29. The molecule has 2 aliphatic rings. The van der Waals surface area contributed by atoms with Gasteiger partial charge in [0.25, 0.3) is 0 Å². The maximum absolute atomic E-state index is 12.4. The van der Waals surface area contributed by atoms with Gasteiger partial charge in [-0.05, 0) is 27.8 Å². The number of carbonyl (C=O) groups is 1. The summed E-state index contributed by atoms with van der Waals surface area (Å²) in [6.07, 6.45) is -1.35. The second-order valence-electron chi connectivity index (χ2n) is 6.55. The van der Waals surface area contributed by atoms with E-state index in [1.165, 1.54) is 16.0 Å². The molecule has 0 aromatic heterocycles. The SMILES string of the molecule is [N-]=[N+]=NC1CN(C(=O)OCC2c3ccccc3-c3ccccc32)CC1O. The maximum Gasteiger partial charge on any atom is 0.409 e. The van der Waals surface area contributed by atoms with Gasteiger partial charge >= 0.3 is 6.09 Å². The highest BCUT2D eigenvalue weighted by atomic mass is 16.6. The van der Waals surface area contributed by atoms with Crippen LogP contribution in [-0.2, 0) is 4.74 Å². The molecule has 132 valence electrons. The third-order valence-corrected chi connectivity index (χ3v) is 5.05. The molecule has 1 saturated heterocycles. The van der Waals surface area contributed by atoms with Gasteiger partial charge in [0.05, 0.1) is 18.7 Å².